The van der Waals surface area contributed by atoms with Crippen LogP contribution in [-0.4, -0.2) is 39.8 Å². The fraction of sp³-hybridized carbons (Fsp3) is 0.250. The van der Waals surface area contributed by atoms with Crippen LogP contribution < -0.4 is 19.1 Å². The van der Waals surface area contributed by atoms with E-state index in [0.717, 1.165) is 0 Å². The SMILES string of the molecule is CCOc1ccc(N2C(=O)/C(=C\c3cc(OC)ccc3OC)C(C(=O)OC)=C2C)cc1. The maximum atomic E-state index is 13.4. The number of carbonyl (C=O) groups excluding carboxylic acids is 2. The number of hydrogen-bond acceptors (Lipinski definition) is 6. The molecule has 0 radical (unpaired) electrons. The van der Waals surface area contributed by atoms with E-state index in [1.54, 1.807) is 62.6 Å². The molecule has 1 aliphatic rings. The van der Waals surface area contributed by atoms with Crippen molar-refractivity contribution in [1.82, 2.24) is 0 Å². The first-order chi connectivity index (χ1) is 14.9. The average molecular weight is 423 g/mol. The normalized spacial score (nSPS) is 14.8. The smallest absolute Gasteiger partial charge is 0.340 e. The lowest BCUT2D eigenvalue weighted by Gasteiger charge is -2.18. The van der Waals surface area contributed by atoms with Crippen LogP contribution in [0.1, 0.15) is 19.4 Å². The third kappa shape index (κ3) is 4.26. The van der Waals surface area contributed by atoms with Gasteiger partial charge in [-0.05, 0) is 62.4 Å². The summed E-state index contributed by atoms with van der Waals surface area (Å²) < 4.78 is 21.1. The van der Waals surface area contributed by atoms with E-state index >= 15 is 0 Å². The molecule has 0 saturated carbocycles. The molecule has 0 spiro atoms. The van der Waals surface area contributed by atoms with E-state index in [2.05, 4.69) is 0 Å². The Balaban J connectivity index is 2.12. The van der Waals surface area contributed by atoms with Gasteiger partial charge >= 0.3 is 5.97 Å². The van der Waals surface area contributed by atoms with Crippen molar-refractivity contribution < 1.29 is 28.5 Å². The zero-order valence-corrected chi connectivity index (χ0v) is 18.2. The van der Waals surface area contributed by atoms with Crippen LogP contribution in [0.15, 0.2) is 59.3 Å². The Morgan fingerprint density at radius 3 is 2.26 bits per heavy atom. The Morgan fingerprint density at radius 2 is 1.68 bits per heavy atom. The van der Waals surface area contributed by atoms with Crippen molar-refractivity contribution in [3.8, 4) is 17.2 Å². The molecule has 162 valence electrons. The maximum Gasteiger partial charge on any atom is 0.340 e. The van der Waals surface area contributed by atoms with Crippen molar-refractivity contribution in [2.45, 2.75) is 13.8 Å². The van der Waals surface area contributed by atoms with E-state index in [0.29, 0.717) is 40.8 Å². The fourth-order valence-corrected chi connectivity index (χ4v) is 3.46. The van der Waals surface area contributed by atoms with E-state index in [1.165, 1.54) is 19.1 Å². The number of amides is 1. The molecular formula is C24H25NO6. The number of nitrogens with zero attached hydrogens (tertiary/aromatic N) is 1. The molecule has 0 bridgehead atoms. The highest BCUT2D eigenvalue weighted by atomic mass is 16.5. The summed E-state index contributed by atoms with van der Waals surface area (Å²) in [5.41, 5.74) is 2.12. The third-order valence-electron chi connectivity index (χ3n) is 4.93. The summed E-state index contributed by atoms with van der Waals surface area (Å²) >= 11 is 0. The number of ether oxygens (including phenoxy) is 4. The Hall–Kier alpha value is -3.74. The van der Waals surface area contributed by atoms with Gasteiger partial charge in [0, 0.05) is 16.9 Å². The van der Waals surface area contributed by atoms with Crippen LogP contribution in [-0.2, 0) is 14.3 Å². The van der Waals surface area contributed by atoms with Gasteiger partial charge < -0.3 is 18.9 Å². The molecule has 0 N–H and O–H groups in total. The first-order valence-electron chi connectivity index (χ1n) is 9.75. The van der Waals surface area contributed by atoms with Crippen molar-refractivity contribution in [2.24, 2.45) is 0 Å². The number of methoxy groups -OCH3 is 3. The van der Waals surface area contributed by atoms with E-state index in [4.69, 9.17) is 18.9 Å². The molecule has 7 nitrogen and oxygen atoms in total. The van der Waals surface area contributed by atoms with Crippen LogP contribution >= 0.6 is 0 Å². The van der Waals surface area contributed by atoms with E-state index in [9.17, 15) is 9.59 Å². The quantitative estimate of drug-likeness (QED) is 0.495. The second-order valence-corrected chi connectivity index (χ2v) is 6.69. The van der Waals surface area contributed by atoms with E-state index in [-0.39, 0.29) is 17.1 Å². The standard InChI is InChI=1S/C24H25NO6/c1-6-31-18-9-7-17(8-10-18)25-15(2)22(24(27)30-5)20(23(25)26)14-16-13-19(28-3)11-12-21(16)29-4/h7-14H,6H2,1-5H3/b20-14-. The highest BCUT2D eigenvalue weighted by Crippen LogP contribution is 2.37. The van der Waals surface area contributed by atoms with Crippen LogP contribution in [0, 0.1) is 0 Å². The molecule has 1 amide bonds. The Morgan fingerprint density at radius 1 is 1.00 bits per heavy atom. The molecule has 1 heterocycles. The summed E-state index contributed by atoms with van der Waals surface area (Å²) in [6.45, 7) is 4.16. The number of anilines is 1. The molecule has 31 heavy (non-hydrogen) atoms. The van der Waals surface area contributed by atoms with Crippen molar-refractivity contribution >= 4 is 23.6 Å². The van der Waals surface area contributed by atoms with Gasteiger partial charge in [0.05, 0.1) is 39.1 Å². The van der Waals surface area contributed by atoms with Crippen LogP contribution in [0.2, 0.25) is 0 Å². The molecule has 0 aromatic heterocycles. The molecule has 2 aromatic rings. The number of hydrogen-bond donors (Lipinski definition) is 0. The summed E-state index contributed by atoms with van der Waals surface area (Å²) in [4.78, 5) is 27.5. The minimum Gasteiger partial charge on any atom is -0.497 e. The Kier molecular flexibility index (Phi) is 6.65. The summed E-state index contributed by atoms with van der Waals surface area (Å²) in [6.07, 6.45) is 1.62. The topological polar surface area (TPSA) is 74.3 Å². The summed E-state index contributed by atoms with van der Waals surface area (Å²) in [5, 5.41) is 0. The molecule has 3 rings (SSSR count). The maximum absolute atomic E-state index is 13.4. The second kappa shape index (κ2) is 9.38. The molecule has 2 aromatic carbocycles. The summed E-state index contributed by atoms with van der Waals surface area (Å²) in [5.74, 6) is 0.910. The van der Waals surface area contributed by atoms with Gasteiger partial charge in [0.2, 0.25) is 0 Å². The van der Waals surface area contributed by atoms with E-state index in [1.807, 2.05) is 6.92 Å². The Bertz CT molecular complexity index is 1050. The molecule has 0 fully saturated rings. The Labute approximate surface area is 181 Å². The zero-order chi connectivity index (χ0) is 22.5. The first-order valence-corrected chi connectivity index (χ1v) is 9.75. The monoisotopic (exact) mass is 423 g/mol. The third-order valence-corrected chi connectivity index (χ3v) is 4.93. The van der Waals surface area contributed by atoms with Gasteiger partial charge in [-0.3, -0.25) is 9.69 Å². The lowest BCUT2D eigenvalue weighted by molar-refractivity contribution is -0.136. The van der Waals surface area contributed by atoms with Gasteiger partial charge in [-0.1, -0.05) is 0 Å². The highest BCUT2D eigenvalue weighted by Gasteiger charge is 2.38. The number of esters is 1. The van der Waals surface area contributed by atoms with Crippen molar-refractivity contribution in [3.05, 3.63) is 64.9 Å². The molecule has 7 heteroatoms. The van der Waals surface area contributed by atoms with Gasteiger partial charge in [-0.15, -0.1) is 0 Å². The summed E-state index contributed by atoms with van der Waals surface area (Å²) in [6, 6.07) is 12.3. The second-order valence-electron chi connectivity index (χ2n) is 6.69. The van der Waals surface area contributed by atoms with Gasteiger partial charge in [0.25, 0.3) is 5.91 Å². The van der Waals surface area contributed by atoms with Crippen molar-refractivity contribution in [2.75, 3.05) is 32.8 Å². The highest BCUT2D eigenvalue weighted by molar-refractivity contribution is 6.24. The molecule has 0 unspecified atom stereocenters. The predicted octanol–water partition coefficient (Wildman–Crippen LogP) is 3.98. The van der Waals surface area contributed by atoms with Gasteiger partial charge in [0.1, 0.15) is 17.2 Å². The number of benzene rings is 2. The minimum absolute atomic E-state index is 0.200. The van der Waals surface area contributed by atoms with Gasteiger partial charge in [0.15, 0.2) is 0 Å². The number of allylic oxidation sites excluding steroid dienone is 1. The molecule has 1 aliphatic heterocycles. The van der Waals surface area contributed by atoms with E-state index < -0.39 is 5.97 Å². The van der Waals surface area contributed by atoms with Crippen LogP contribution in [0.3, 0.4) is 0 Å². The van der Waals surface area contributed by atoms with Crippen LogP contribution in [0.5, 0.6) is 17.2 Å². The number of carbonyl (C=O) groups is 2. The van der Waals surface area contributed by atoms with Gasteiger partial charge in [-0.25, -0.2) is 4.79 Å². The molecule has 0 atom stereocenters. The molecule has 0 saturated heterocycles. The lowest BCUT2D eigenvalue weighted by Crippen LogP contribution is -2.24. The average Bonchev–Trinajstić information content (AvgIpc) is 3.03. The molecular weight excluding hydrogens is 398 g/mol. The predicted molar refractivity (Wildman–Crippen MR) is 117 cm³/mol. The van der Waals surface area contributed by atoms with Crippen LogP contribution in [0.4, 0.5) is 5.69 Å². The lowest BCUT2D eigenvalue weighted by atomic mass is 10.0. The molecule has 0 aliphatic carbocycles. The fourth-order valence-electron chi connectivity index (χ4n) is 3.46. The number of rotatable bonds is 7. The van der Waals surface area contributed by atoms with Crippen molar-refractivity contribution in [3.63, 3.8) is 0 Å². The van der Waals surface area contributed by atoms with Gasteiger partial charge in [-0.2, -0.15) is 0 Å². The zero-order valence-electron chi connectivity index (χ0n) is 18.2. The van der Waals surface area contributed by atoms with Crippen LogP contribution in [0.25, 0.3) is 6.08 Å². The van der Waals surface area contributed by atoms with Crippen molar-refractivity contribution in [1.29, 1.82) is 0 Å². The largest absolute Gasteiger partial charge is 0.497 e. The summed E-state index contributed by atoms with van der Waals surface area (Å²) in [7, 11) is 4.38. The minimum atomic E-state index is -0.590. The first kappa shape index (κ1) is 22.0.